The van der Waals surface area contributed by atoms with Gasteiger partial charge in [0.15, 0.2) is 9.84 Å². The Morgan fingerprint density at radius 3 is 2.50 bits per heavy atom. The van der Waals surface area contributed by atoms with Crippen molar-refractivity contribution < 1.29 is 18.3 Å². The zero-order valence-electron chi connectivity index (χ0n) is 12.9. The Labute approximate surface area is 148 Å². The van der Waals surface area contributed by atoms with Crippen LogP contribution in [0.4, 0.5) is 0 Å². The van der Waals surface area contributed by atoms with Gasteiger partial charge in [0.05, 0.1) is 15.7 Å². The number of hydrogen-bond donors (Lipinski definition) is 1. The van der Waals surface area contributed by atoms with Gasteiger partial charge in [-0.3, -0.25) is 4.79 Å². The Morgan fingerprint density at radius 1 is 1.33 bits per heavy atom. The number of aromatic nitrogens is 2. The van der Waals surface area contributed by atoms with E-state index >= 15 is 0 Å². The molecule has 1 fully saturated rings. The van der Waals surface area contributed by atoms with Crippen LogP contribution in [-0.2, 0) is 16.9 Å². The summed E-state index contributed by atoms with van der Waals surface area (Å²) in [7, 11) is -2.19. The lowest BCUT2D eigenvalue weighted by Crippen LogP contribution is -2.08. The van der Waals surface area contributed by atoms with Crippen molar-refractivity contribution in [2.75, 3.05) is 6.26 Å². The number of nitrogens with zero attached hydrogens (tertiary/aromatic N) is 2. The van der Waals surface area contributed by atoms with Crippen LogP contribution in [0.25, 0.3) is 0 Å². The second-order valence-electron chi connectivity index (χ2n) is 5.82. The number of hydrogen-bond acceptors (Lipinski definition) is 5. The van der Waals surface area contributed by atoms with Crippen LogP contribution in [-0.4, -0.2) is 35.3 Å². The van der Waals surface area contributed by atoms with Gasteiger partial charge in [-0.1, -0.05) is 23.2 Å². The lowest BCUT2D eigenvalue weighted by Gasteiger charge is -2.10. The van der Waals surface area contributed by atoms with Crippen LogP contribution in [0.1, 0.15) is 40.4 Å². The first-order valence-electron chi connectivity index (χ1n) is 7.11. The highest BCUT2D eigenvalue weighted by Crippen LogP contribution is 2.44. The van der Waals surface area contributed by atoms with Crippen LogP contribution >= 0.6 is 23.2 Å². The fourth-order valence-electron chi connectivity index (χ4n) is 2.58. The van der Waals surface area contributed by atoms with Crippen molar-refractivity contribution in [3.8, 4) is 5.88 Å². The van der Waals surface area contributed by atoms with E-state index in [1.165, 1.54) is 23.9 Å². The maximum absolute atomic E-state index is 12.9. The fraction of sp³-hybridized carbons (Fsp3) is 0.333. The molecule has 1 N–H and O–H groups in total. The van der Waals surface area contributed by atoms with Crippen LogP contribution < -0.4 is 0 Å². The Kier molecular flexibility index (Phi) is 4.14. The highest BCUT2D eigenvalue weighted by Gasteiger charge is 2.35. The predicted octanol–water partition coefficient (Wildman–Crippen LogP) is 2.94. The van der Waals surface area contributed by atoms with Crippen molar-refractivity contribution in [1.29, 1.82) is 0 Å². The molecular formula is C15H14Cl2N2O4S. The molecule has 128 valence electrons. The molecule has 6 nitrogen and oxygen atoms in total. The topological polar surface area (TPSA) is 89.3 Å². The van der Waals surface area contributed by atoms with E-state index < -0.39 is 15.6 Å². The van der Waals surface area contributed by atoms with Crippen molar-refractivity contribution in [3.05, 3.63) is 39.0 Å². The highest BCUT2D eigenvalue weighted by molar-refractivity contribution is 7.91. The van der Waals surface area contributed by atoms with Gasteiger partial charge < -0.3 is 5.11 Å². The second kappa shape index (κ2) is 5.75. The van der Waals surface area contributed by atoms with Crippen molar-refractivity contribution in [3.63, 3.8) is 0 Å². The first-order chi connectivity index (χ1) is 11.1. The number of ketones is 1. The monoisotopic (exact) mass is 388 g/mol. The number of aromatic hydroxyl groups is 1. The van der Waals surface area contributed by atoms with Crippen LogP contribution in [0.2, 0.25) is 10.0 Å². The molecule has 0 bridgehead atoms. The summed E-state index contributed by atoms with van der Waals surface area (Å²) in [5, 5.41) is 14.1. The van der Waals surface area contributed by atoms with Crippen LogP contribution in [0, 0.1) is 0 Å². The summed E-state index contributed by atoms with van der Waals surface area (Å²) < 4.78 is 25.0. The van der Waals surface area contributed by atoms with E-state index in [-0.39, 0.29) is 37.9 Å². The standard InChI is InChI=1S/C15H14Cl2N2O4S/c1-19-15(21)10(12(18-19)7-3-4-7)13(20)8-5-6-9(16)14(11(8)17)24(2,22)23/h5-7,21H,3-4H2,1-2H3. The summed E-state index contributed by atoms with van der Waals surface area (Å²) in [6.45, 7) is 0. The van der Waals surface area contributed by atoms with E-state index in [0.29, 0.717) is 5.69 Å². The average Bonchev–Trinajstić information content (AvgIpc) is 3.25. The van der Waals surface area contributed by atoms with Crippen LogP contribution in [0.3, 0.4) is 0 Å². The van der Waals surface area contributed by atoms with Crippen molar-refractivity contribution >= 4 is 38.8 Å². The van der Waals surface area contributed by atoms with Gasteiger partial charge in [-0.2, -0.15) is 5.10 Å². The molecule has 1 heterocycles. The lowest BCUT2D eigenvalue weighted by atomic mass is 10.0. The fourth-order valence-corrected chi connectivity index (χ4v) is 4.73. The smallest absolute Gasteiger partial charge is 0.220 e. The molecule has 0 saturated heterocycles. The number of sulfone groups is 1. The summed E-state index contributed by atoms with van der Waals surface area (Å²) in [4.78, 5) is 12.6. The Bertz CT molecular complexity index is 962. The van der Waals surface area contributed by atoms with Crippen LogP contribution in [0.5, 0.6) is 5.88 Å². The Morgan fingerprint density at radius 2 is 1.96 bits per heavy atom. The summed E-state index contributed by atoms with van der Waals surface area (Å²) in [6.07, 6.45) is 2.74. The molecular weight excluding hydrogens is 375 g/mol. The number of carbonyl (C=O) groups excluding carboxylic acids is 1. The third kappa shape index (κ3) is 2.81. The lowest BCUT2D eigenvalue weighted by molar-refractivity contribution is 0.103. The molecule has 0 spiro atoms. The van der Waals surface area contributed by atoms with E-state index in [0.717, 1.165) is 19.1 Å². The minimum absolute atomic E-state index is 0.0355. The van der Waals surface area contributed by atoms with Gasteiger partial charge >= 0.3 is 0 Å². The first kappa shape index (κ1) is 17.3. The molecule has 0 amide bonds. The molecule has 1 aliphatic rings. The van der Waals surface area contributed by atoms with Crippen LogP contribution in [0.15, 0.2) is 17.0 Å². The number of halogens is 2. The molecule has 0 unspecified atom stereocenters. The molecule has 1 aromatic heterocycles. The van der Waals surface area contributed by atoms with E-state index in [4.69, 9.17) is 23.2 Å². The largest absolute Gasteiger partial charge is 0.493 e. The molecule has 1 saturated carbocycles. The van der Waals surface area contributed by atoms with Gasteiger partial charge in [0.25, 0.3) is 0 Å². The Balaban J connectivity index is 2.20. The normalized spacial score (nSPS) is 14.8. The zero-order valence-corrected chi connectivity index (χ0v) is 15.2. The molecule has 0 atom stereocenters. The van der Waals surface area contributed by atoms with Gasteiger partial charge in [-0.15, -0.1) is 0 Å². The molecule has 1 aromatic carbocycles. The number of benzene rings is 1. The summed E-state index contributed by atoms with van der Waals surface area (Å²) >= 11 is 12.1. The molecule has 9 heteroatoms. The minimum Gasteiger partial charge on any atom is -0.493 e. The van der Waals surface area contributed by atoms with Crippen molar-refractivity contribution in [2.45, 2.75) is 23.7 Å². The van der Waals surface area contributed by atoms with E-state index in [1.54, 1.807) is 0 Å². The third-order valence-electron chi connectivity index (χ3n) is 3.90. The highest BCUT2D eigenvalue weighted by atomic mass is 35.5. The first-order valence-corrected chi connectivity index (χ1v) is 9.76. The molecule has 0 aliphatic heterocycles. The summed E-state index contributed by atoms with van der Waals surface area (Å²) in [5.41, 5.74) is 0.530. The maximum atomic E-state index is 12.9. The molecule has 0 radical (unpaired) electrons. The molecule has 2 aromatic rings. The summed E-state index contributed by atoms with van der Waals surface area (Å²) in [6, 6.07) is 2.66. The van der Waals surface area contributed by atoms with Gasteiger partial charge in [-0.05, 0) is 25.0 Å². The molecule has 3 rings (SSSR count). The second-order valence-corrected chi connectivity index (χ2v) is 8.56. The average molecular weight is 389 g/mol. The van der Waals surface area contributed by atoms with Gasteiger partial charge in [-0.25, -0.2) is 13.1 Å². The third-order valence-corrected chi connectivity index (χ3v) is 6.00. The zero-order chi connectivity index (χ0) is 17.8. The van der Waals surface area contributed by atoms with Crippen molar-refractivity contribution in [2.24, 2.45) is 7.05 Å². The quantitative estimate of drug-likeness (QED) is 0.813. The SMILES string of the molecule is Cn1nc(C2CC2)c(C(=O)c2ccc(Cl)c(S(C)(=O)=O)c2Cl)c1O. The number of rotatable bonds is 4. The maximum Gasteiger partial charge on any atom is 0.220 e. The van der Waals surface area contributed by atoms with Crippen molar-refractivity contribution in [1.82, 2.24) is 9.78 Å². The van der Waals surface area contributed by atoms with E-state index in [9.17, 15) is 18.3 Å². The summed E-state index contributed by atoms with van der Waals surface area (Å²) in [5.74, 6) is -0.723. The molecule has 1 aliphatic carbocycles. The number of aryl methyl sites for hydroxylation is 1. The van der Waals surface area contributed by atoms with Gasteiger partial charge in [0.1, 0.15) is 10.5 Å². The predicted molar refractivity (Wildman–Crippen MR) is 89.9 cm³/mol. The van der Waals surface area contributed by atoms with E-state index in [1.807, 2.05) is 0 Å². The number of carbonyl (C=O) groups is 1. The molecule has 24 heavy (non-hydrogen) atoms. The minimum atomic E-state index is -3.72. The van der Waals surface area contributed by atoms with Gasteiger partial charge in [0, 0.05) is 24.8 Å². The van der Waals surface area contributed by atoms with E-state index in [2.05, 4.69) is 5.10 Å². The van der Waals surface area contributed by atoms with Gasteiger partial charge in [0.2, 0.25) is 11.7 Å². The Hall–Kier alpha value is -1.57.